The second-order valence-corrected chi connectivity index (χ2v) is 6.52. The molecular formula is C19H15N5O4. The summed E-state index contributed by atoms with van der Waals surface area (Å²) in [5.74, 6) is -0.996. The van der Waals surface area contributed by atoms with Crippen molar-refractivity contribution >= 4 is 34.3 Å². The molecule has 0 radical (unpaired) electrons. The number of aromatic amines is 1. The smallest absolute Gasteiger partial charge is 0.321 e. The Hall–Kier alpha value is -4.01. The van der Waals surface area contributed by atoms with Gasteiger partial charge in [-0.2, -0.15) is 5.10 Å². The van der Waals surface area contributed by atoms with E-state index >= 15 is 0 Å². The molecule has 2 aromatic carbocycles. The van der Waals surface area contributed by atoms with E-state index in [2.05, 4.69) is 26.1 Å². The monoisotopic (exact) mass is 377 g/mol. The number of nitrogens with one attached hydrogen (secondary N) is 4. The van der Waals surface area contributed by atoms with Gasteiger partial charge in [0.25, 0.3) is 17.4 Å². The van der Waals surface area contributed by atoms with E-state index in [9.17, 15) is 19.2 Å². The number of nitrogens with zero attached hydrogens (tertiary/aromatic N) is 1. The van der Waals surface area contributed by atoms with Gasteiger partial charge < -0.3 is 10.6 Å². The molecule has 1 saturated heterocycles. The predicted molar refractivity (Wildman–Crippen MR) is 101 cm³/mol. The van der Waals surface area contributed by atoms with Crippen molar-refractivity contribution in [2.75, 3.05) is 5.32 Å². The largest absolute Gasteiger partial charge is 0.322 e. The lowest BCUT2D eigenvalue weighted by atomic mass is 9.92. The topological polar surface area (TPSA) is 133 Å². The van der Waals surface area contributed by atoms with Crippen molar-refractivity contribution in [1.29, 1.82) is 0 Å². The van der Waals surface area contributed by atoms with Crippen LogP contribution in [-0.4, -0.2) is 28.0 Å². The quantitative estimate of drug-likeness (QED) is 0.510. The molecule has 28 heavy (non-hydrogen) atoms. The van der Waals surface area contributed by atoms with Crippen molar-refractivity contribution in [1.82, 2.24) is 20.8 Å². The molecule has 0 bridgehead atoms. The van der Waals surface area contributed by atoms with Crippen molar-refractivity contribution in [2.45, 2.75) is 12.5 Å². The highest BCUT2D eigenvalue weighted by Crippen LogP contribution is 2.26. The molecule has 1 aliphatic rings. The third-order valence-corrected chi connectivity index (χ3v) is 4.65. The Kier molecular flexibility index (Phi) is 3.92. The Bertz CT molecular complexity index is 1200. The van der Waals surface area contributed by atoms with E-state index < -0.39 is 23.4 Å². The molecule has 1 fully saturated rings. The summed E-state index contributed by atoms with van der Waals surface area (Å²) in [5.41, 5.74) is -0.632. The number of aromatic nitrogens is 2. The highest BCUT2D eigenvalue weighted by atomic mass is 16.2. The minimum Gasteiger partial charge on any atom is -0.321 e. The number of amides is 4. The number of urea groups is 1. The molecule has 4 N–H and O–H groups in total. The van der Waals surface area contributed by atoms with E-state index in [0.717, 1.165) is 0 Å². The standard InChI is InChI=1S/C19H15N5O4/c1-19(17(27)21-18(28)22-19)10-5-4-6-11(9-10)20-16(26)14-12-7-2-3-8-13(12)15(25)24-23-14/h2-9H,1H3,(H,20,26)(H,24,25)(H2,21,22,27,28). The maximum absolute atomic E-state index is 12.7. The van der Waals surface area contributed by atoms with Crippen LogP contribution in [-0.2, 0) is 10.3 Å². The third-order valence-electron chi connectivity index (χ3n) is 4.65. The van der Waals surface area contributed by atoms with Crippen molar-refractivity contribution in [2.24, 2.45) is 0 Å². The lowest BCUT2D eigenvalue weighted by Gasteiger charge is -2.21. The number of imide groups is 1. The Morgan fingerprint density at radius 2 is 1.79 bits per heavy atom. The molecule has 0 spiro atoms. The van der Waals surface area contributed by atoms with Crippen LogP contribution >= 0.6 is 0 Å². The van der Waals surface area contributed by atoms with Crippen LogP contribution in [0, 0.1) is 0 Å². The fraction of sp³-hybridized carbons (Fsp3) is 0.105. The number of hydrogen-bond acceptors (Lipinski definition) is 5. The van der Waals surface area contributed by atoms with E-state index in [1.165, 1.54) is 0 Å². The van der Waals surface area contributed by atoms with E-state index in [-0.39, 0.29) is 11.3 Å². The lowest BCUT2D eigenvalue weighted by molar-refractivity contribution is -0.123. The first-order valence-electron chi connectivity index (χ1n) is 8.41. The van der Waals surface area contributed by atoms with Gasteiger partial charge in [-0.05, 0) is 30.7 Å². The highest BCUT2D eigenvalue weighted by Gasteiger charge is 2.43. The second kappa shape index (κ2) is 6.31. The third kappa shape index (κ3) is 2.78. The van der Waals surface area contributed by atoms with Crippen molar-refractivity contribution in [3.8, 4) is 0 Å². The van der Waals surface area contributed by atoms with E-state index in [1.807, 2.05) is 0 Å². The molecular weight excluding hydrogens is 362 g/mol. The average Bonchev–Trinajstić information content (AvgIpc) is 2.95. The summed E-state index contributed by atoms with van der Waals surface area (Å²) in [6, 6.07) is 12.7. The van der Waals surface area contributed by atoms with Gasteiger partial charge in [-0.15, -0.1) is 0 Å². The molecule has 9 heteroatoms. The van der Waals surface area contributed by atoms with E-state index in [0.29, 0.717) is 22.0 Å². The molecule has 0 saturated carbocycles. The molecule has 1 atom stereocenters. The molecule has 4 rings (SSSR count). The summed E-state index contributed by atoms with van der Waals surface area (Å²) in [5, 5.41) is 14.4. The molecule has 4 amide bonds. The number of H-pyrrole nitrogens is 1. The van der Waals surface area contributed by atoms with Crippen LogP contribution in [0.2, 0.25) is 0 Å². The van der Waals surface area contributed by atoms with Gasteiger partial charge in [-0.3, -0.25) is 19.7 Å². The fourth-order valence-corrected chi connectivity index (χ4v) is 3.13. The van der Waals surface area contributed by atoms with Crippen molar-refractivity contribution in [3.05, 3.63) is 70.1 Å². The van der Waals surface area contributed by atoms with Crippen LogP contribution < -0.4 is 21.5 Å². The van der Waals surface area contributed by atoms with Gasteiger partial charge in [0.1, 0.15) is 5.54 Å². The zero-order chi connectivity index (χ0) is 19.9. The van der Waals surface area contributed by atoms with Gasteiger partial charge in [0.2, 0.25) is 0 Å². The number of carbonyl (C=O) groups excluding carboxylic acids is 3. The summed E-state index contributed by atoms with van der Waals surface area (Å²) in [4.78, 5) is 48.2. The molecule has 1 unspecified atom stereocenters. The lowest BCUT2D eigenvalue weighted by Crippen LogP contribution is -2.40. The van der Waals surface area contributed by atoms with Crippen molar-refractivity contribution in [3.63, 3.8) is 0 Å². The highest BCUT2D eigenvalue weighted by molar-refractivity contribution is 6.11. The first-order chi connectivity index (χ1) is 13.4. The number of benzene rings is 2. The molecule has 1 aliphatic heterocycles. The number of rotatable bonds is 3. The summed E-state index contributed by atoms with van der Waals surface area (Å²) in [6.45, 7) is 1.57. The fourth-order valence-electron chi connectivity index (χ4n) is 3.13. The minimum absolute atomic E-state index is 0.0683. The van der Waals surface area contributed by atoms with Crippen LogP contribution in [0.15, 0.2) is 53.3 Å². The first kappa shape index (κ1) is 17.4. The SMILES string of the molecule is CC1(c2cccc(NC(=O)c3n[nH]c(=O)c4ccccc34)c2)NC(=O)NC1=O. The summed E-state index contributed by atoms with van der Waals surface area (Å²) < 4.78 is 0. The molecule has 3 aromatic rings. The zero-order valence-corrected chi connectivity index (χ0v) is 14.7. The average molecular weight is 377 g/mol. The number of hydrogen-bond donors (Lipinski definition) is 4. The molecule has 0 aliphatic carbocycles. The summed E-state index contributed by atoms with van der Waals surface area (Å²) in [6.07, 6.45) is 0. The van der Waals surface area contributed by atoms with Gasteiger partial charge in [-0.25, -0.2) is 9.89 Å². The summed E-state index contributed by atoms with van der Waals surface area (Å²) in [7, 11) is 0. The first-order valence-corrected chi connectivity index (χ1v) is 8.41. The maximum Gasteiger partial charge on any atom is 0.322 e. The van der Waals surface area contributed by atoms with Gasteiger partial charge in [0.15, 0.2) is 5.69 Å². The van der Waals surface area contributed by atoms with Gasteiger partial charge in [0.05, 0.1) is 5.39 Å². The zero-order valence-electron chi connectivity index (χ0n) is 14.7. The normalized spacial score (nSPS) is 18.6. The molecule has 2 heterocycles. The van der Waals surface area contributed by atoms with Crippen LogP contribution in [0.25, 0.3) is 10.8 Å². The van der Waals surface area contributed by atoms with Gasteiger partial charge >= 0.3 is 6.03 Å². The number of anilines is 1. The molecule has 1 aromatic heterocycles. The van der Waals surface area contributed by atoms with Gasteiger partial charge in [-0.1, -0.05) is 30.3 Å². The Morgan fingerprint density at radius 3 is 2.50 bits per heavy atom. The Balaban J connectivity index is 1.67. The second-order valence-electron chi connectivity index (χ2n) is 6.52. The van der Waals surface area contributed by atoms with Crippen molar-refractivity contribution < 1.29 is 14.4 Å². The predicted octanol–water partition coefficient (Wildman–Crippen LogP) is 1.23. The molecule has 140 valence electrons. The van der Waals surface area contributed by atoms with Crippen LogP contribution in [0.4, 0.5) is 10.5 Å². The van der Waals surface area contributed by atoms with Crippen LogP contribution in [0.5, 0.6) is 0 Å². The number of fused-ring (bicyclic) bond motifs is 1. The molecule has 9 nitrogen and oxygen atoms in total. The van der Waals surface area contributed by atoms with Crippen LogP contribution in [0.3, 0.4) is 0 Å². The Labute approximate surface area is 158 Å². The number of carbonyl (C=O) groups is 3. The van der Waals surface area contributed by atoms with E-state index in [4.69, 9.17) is 0 Å². The Morgan fingerprint density at radius 1 is 1.04 bits per heavy atom. The van der Waals surface area contributed by atoms with Gasteiger partial charge in [0, 0.05) is 11.1 Å². The maximum atomic E-state index is 12.7. The minimum atomic E-state index is -1.24. The van der Waals surface area contributed by atoms with E-state index in [1.54, 1.807) is 55.5 Å². The summed E-state index contributed by atoms with van der Waals surface area (Å²) >= 11 is 0. The van der Waals surface area contributed by atoms with Crippen LogP contribution in [0.1, 0.15) is 23.0 Å².